The Kier molecular flexibility index (Phi) is 12.1. The molecule has 2 N–H and O–H groups in total. The number of nitrogens with one attached hydrogen (secondary N) is 1. The first-order valence-corrected chi connectivity index (χ1v) is 15.2. The highest BCUT2D eigenvalue weighted by atomic mass is 32.2. The lowest BCUT2D eigenvalue weighted by atomic mass is 9.88. The van der Waals surface area contributed by atoms with E-state index in [2.05, 4.69) is 72.2 Å². The number of phenolic OH excluding ortho intramolecular Hbond substituents is 1. The number of anilines is 1. The van der Waals surface area contributed by atoms with Gasteiger partial charge in [0.1, 0.15) is 11.5 Å². The number of nitrogens with zero attached hydrogens (tertiary/aromatic N) is 1. The third-order valence-corrected chi connectivity index (χ3v) is 7.54. The first-order valence-electron chi connectivity index (χ1n) is 14.1. The standard InChI is InChI=1S/C31H48N2O4S/c1-10-12-14-33(15-13-11-2)31(35)28-19-25(16-23(9)29(28)34)32-38(36)37-30-26(21(5)6)17-24(20(3)4)18-27(30)22(7)8/h16-22,32,34H,10-15H2,1-9H3. The van der Waals surface area contributed by atoms with Crippen molar-refractivity contribution in [2.75, 3.05) is 17.8 Å². The monoisotopic (exact) mass is 544 g/mol. The van der Waals surface area contributed by atoms with Crippen molar-refractivity contribution in [2.24, 2.45) is 0 Å². The van der Waals surface area contributed by atoms with Gasteiger partial charge < -0.3 is 14.2 Å². The van der Waals surface area contributed by atoms with Crippen molar-refractivity contribution in [1.82, 2.24) is 4.90 Å². The summed E-state index contributed by atoms with van der Waals surface area (Å²) in [4.78, 5) is 15.2. The van der Waals surface area contributed by atoms with Gasteiger partial charge in [0.05, 0.1) is 11.3 Å². The van der Waals surface area contributed by atoms with Crippen molar-refractivity contribution in [1.29, 1.82) is 0 Å². The van der Waals surface area contributed by atoms with Crippen LogP contribution in [0.5, 0.6) is 11.5 Å². The number of aromatic hydroxyl groups is 1. The molecule has 0 aromatic heterocycles. The van der Waals surface area contributed by atoms with Crippen molar-refractivity contribution >= 4 is 22.9 Å². The van der Waals surface area contributed by atoms with E-state index in [1.165, 1.54) is 5.56 Å². The lowest BCUT2D eigenvalue weighted by molar-refractivity contribution is 0.0748. The summed E-state index contributed by atoms with van der Waals surface area (Å²) in [6.45, 7) is 20.0. The highest BCUT2D eigenvalue weighted by Crippen LogP contribution is 2.38. The molecule has 0 bridgehead atoms. The fourth-order valence-electron chi connectivity index (χ4n) is 4.36. The van der Waals surface area contributed by atoms with Crippen molar-refractivity contribution in [3.8, 4) is 11.5 Å². The van der Waals surface area contributed by atoms with Crippen LogP contribution >= 0.6 is 0 Å². The highest BCUT2D eigenvalue weighted by molar-refractivity contribution is 7.82. The molecule has 2 rings (SSSR count). The summed E-state index contributed by atoms with van der Waals surface area (Å²) < 4.78 is 22.2. The van der Waals surface area contributed by atoms with E-state index in [0.29, 0.717) is 36.0 Å². The number of rotatable bonds is 14. The number of carbonyl (C=O) groups is 1. The largest absolute Gasteiger partial charge is 0.507 e. The maximum Gasteiger partial charge on any atom is 0.316 e. The van der Waals surface area contributed by atoms with Gasteiger partial charge in [-0.2, -0.15) is 4.21 Å². The second-order valence-corrected chi connectivity index (χ2v) is 11.9. The molecule has 0 aliphatic rings. The smallest absolute Gasteiger partial charge is 0.316 e. The van der Waals surface area contributed by atoms with Gasteiger partial charge in [0.15, 0.2) is 0 Å². The summed E-state index contributed by atoms with van der Waals surface area (Å²) in [6.07, 6.45) is 3.76. The van der Waals surface area contributed by atoms with Crippen LogP contribution < -0.4 is 8.91 Å². The van der Waals surface area contributed by atoms with Crippen molar-refractivity contribution in [3.63, 3.8) is 0 Å². The molecule has 6 nitrogen and oxygen atoms in total. The number of unbranched alkanes of at least 4 members (excludes halogenated alkanes) is 2. The minimum Gasteiger partial charge on any atom is -0.507 e. The Balaban J connectivity index is 2.39. The van der Waals surface area contributed by atoms with E-state index in [4.69, 9.17) is 4.18 Å². The lowest BCUT2D eigenvalue weighted by Crippen LogP contribution is -2.33. The lowest BCUT2D eigenvalue weighted by Gasteiger charge is -2.24. The maximum absolute atomic E-state index is 13.4. The summed E-state index contributed by atoms with van der Waals surface area (Å²) in [5, 5.41) is 10.7. The number of benzene rings is 2. The van der Waals surface area contributed by atoms with Gasteiger partial charge in [-0.1, -0.05) is 80.4 Å². The van der Waals surface area contributed by atoms with E-state index < -0.39 is 11.3 Å². The molecule has 0 saturated heterocycles. The fraction of sp³-hybridized carbons (Fsp3) is 0.581. The second kappa shape index (κ2) is 14.6. The minimum absolute atomic E-state index is 0.0429. The number of carbonyl (C=O) groups excluding carboxylic acids is 1. The van der Waals surface area contributed by atoms with Crippen molar-refractivity contribution < 1.29 is 18.3 Å². The van der Waals surface area contributed by atoms with Crippen LogP contribution in [0.4, 0.5) is 5.69 Å². The van der Waals surface area contributed by atoms with Crippen LogP contribution in [0.2, 0.25) is 0 Å². The summed E-state index contributed by atoms with van der Waals surface area (Å²) >= 11 is -1.91. The summed E-state index contributed by atoms with van der Waals surface area (Å²) in [7, 11) is 0. The summed E-state index contributed by atoms with van der Waals surface area (Å²) in [5.41, 5.74) is 4.49. The second-order valence-electron chi connectivity index (χ2n) is 11.1. The van der Waals surface area contributed by atoms with Crippen LogP contribution in [0.15, 0.2) is 24.3 Å². The average Bonchev–Trinajstić information content (AvgIpc) is 2.85. The maximum atomic E-state index is 13.4. The average molecular weight is 545 g/mol. The molecule has 0 aliphatic carbocycles. The summed E-state index contributed by atoms with van der Waals surface area (Å²) in [5.74, 6) is 1.14. The molecule has 212 valence electrons. The van der Waals surface area contributed by atoms with Gasteiger partial charge in [-0.3, -0.25) is 9.52 Å². The Bertz CT molecular complexity index is 1070. The SMILES string of the molecule is CCCCN(CCCC)C(=O)c1cc(NS(=O)Oc2c(C(C)C)cc(C(C)C)cc2C(C)C)cc(C)c1O. The van der Waals surface area contributed by atoms with E-state index >= 15 is 0 Å². The molecular formula is C31H48N2O4S. The quantitative estimate of drug-likeness (QED) is 0.235. The fourth-order valence-corrected chi connectivity index (χ4v) is 5.06. The predicted molar refractivity (Wildman–Crippen MR) is 160 cm³/mol. The van der Waals surface area contributed by atoms with Crippen LogP contribution in [0, 0.1) is 6.92 Å². The molecule has 0 spiro atoms. The summed E-state index contributed by atoms with van der Waals surface area (Å²) in [6, 6.07) is 7.56. The minimum atomic E-state index is -1.91. The number of phenols is 1. The molecule has 0 saturated carbocycles. The van der Waals surface area contributed by atoms with Gasteiger partial charge >= 0.3 is 11.3 Å². The third kappa shape index (κ3) is 8.23. The zero-order valence-corrected chi connectivity index (χ0v) is 25.6. The van der Waals surface area contributed by atoms with Gasteiger partial charge in [-0.05, 0) is 71.9 Å². The zero-order chi connectivity index (χ0) is 28.6. The molecule has 1 unspecified atom stereocenters. The van der Waals surface area contributed by atoms with Crippen LogP contribution in [-0.4, -0.2) is 33.2 Å². The van der Waals surface area contributed by atoms with Gasteiger partial charge in [0.25, 0.3) is 5.91 Å². The van der Waals surface area contributed by atoms with Crippen molar-refractivity contribution in [2.45, 2.75) is 106 Å². The Morgan fingerprint density at radius 1 is 0.921 bits per heavy atom. The van der Waals surface area contributed by atoms with Crippen molar-refractivity contribution in [3.05, 3.63) is 52.1 Å². The third-order valence-electron chi connectivity index (χ3n) is 6.82. The van der Waals surface area contributed by atoms with E-state index in [1.54, 1.807) is 24.0 Å². The number of hydrogen-bond donors (Lipinski definition) is 2. The van der Waals surface area contributed by atoms with Gasteiger partial charge in [-0.15, -0.1) is 0 Å². The molecule has 0 heterocycles. The number of amides is 1. The van der Waals surface area contributed by atoms with Gasteiger partial charge in [0, 0.05) is 13.1 Å². The number of aryl methyl sites for hydroxylation is 1. The molecule has 38 heavy (non-hydrogen) atoms. The predicted octanol–water partition coefficient (Wildman–Crippen LogP) is 8.18. The van der Waals surface area contributed by atoms with Gasteiger partial charge in [-0.25, -0.2) is 0 Å². The topological polar surface area (TPSA) is 78.9 Å². The number of hydrogen-bond acceptors (Lipinski definition) is 4. The molecule has 0 fully saturated rings. The normalized spacial score (nSPS) is 12.3. The Labute approximate surface area is 233 Å². The van der Waals surface area contributed by atoms with Crippen LogP contribution in [0.1, 0.15) is 131 Å². The highest BCUT2D eigenvalue weighted by Gasteiger charge is 2.23. The van der Waals surface area contributed by atoms with E-state index in [-0.39, 0.29) is 29.1 Å². The van der Waals surface area contributed by atoms with Crippen LogP contribution in [0.3, 0.4) is 0 Å². The molecule has 1 amide bonds. The zero-order valence-electron chi connectivity index (χ0n) is 24.8. The molecule has 7 heteroatoms. The molecule has 0 radical (unpaired) electrons. The molecule has 2 aromatic rings. The van der Waals surface area contributed by atoms with Crippen LogP contribution in [-0.2, 0) is 11.3 Å². The van der Waals surface area contributed by atoms with Gasteiger partial charge in [0.2, 0.25) is 0 Å². The van der Waals surface area contributed by atoms with Crippen LogP contribution in [0.25, 0.3) is 0 Å². The Hall–Kier alpha value is -2.54. The molecular weight excluding hydrogens is 496 g/mol. The Morgan fingerprint density at radius 2 is 1.45 bits per heavy atom. The van der Waals surface area contributed by atoms with E-state index in [9.17, 15) is 14.1 Å². The molecule has 0 aliphatic heterocycles. The molecule has 2 aromatic carbocycles. The molecule has 1 atom stereocenters. The van der Waals surface area contributed by atoms with E-state index in [0.717, 1.165) is 36.8 Å². The first kappa shape index (κ1) is 31.7. The first-order chi connectivity index (χ1) is 17.9. The Morgan fingerprint density at radius 3 is 1.89 bits per heavy atom. The van der Waals surface area contributed by atoms with E-state index in [1.807, 2.05) is 0 Å².